The molecule has 0 aliphatic rings. The van der Waals surface area contributed by atoms with Crippen LogP contribution in [0.2, 0.25) is 0 Å². The third kappa shape index (κ3) is 4.42. The summed E-state index contributed by atoms with van der Waals surface area (Å²) in [7, 11) is 0. The highest BCUT2D eigenvalue weighted by atomic mass is 16.5. The van der Waals surface area contributed by atoms with Crippen LogP contribution >= 0.6 is 0 Å². The number of hydrogen-bond donors (Lipinski definition) is 2. The van der Waals surface area contributed by atoms with E-state index in [0.717, 1.165) is 5.56 Å². The Morgan fingerprint density at radius 3 is 2.21 bits per heavy atom. The average molecular weight is 328 g/mol. The molecule has 0 saturated carbocycles. The fourth-order valence-corrected chi connectivity index (χ4v) is 2.22. The Morgan fingerprint density at radius 2 is 1.67 bits per heavy atom. The minimum atomic E-state index is -1.03. The third-order valence-electron chi connectivity index (χ3n) is 3.40. The summed E-state index contributed by atoms with van der Waals surface area (Å²) < 4.78 is 5.60. The first kappa shape index (κ1) is 17.2. The summed E-state index contributed by atoms with van der Waals surface area (Å²) in [6, 6.07) is 10.9. The van der Waals surface area contributed by atoms with E-state index >= 15 is 0 Å². The van der Waals surface area contributed by atoms with Crippen molar-refractivity contribution in [1.82, 2.24) is 0 Å². The van der Waals surface area contributed by atoms with Crippen LogP contribution in [0.5, 0.6) is 5.75 Å². The maximum absolute atomic E-state index is 11.5. The molecule has 0 radical (unpaired) electrons. The van der Waals surface area contributed by atoms with E-state index in [1.165, 1.54) is 25.1 Å². The summed E-state index contributed by atoms with van der Waals surface area (Å²) in [5.74, 6) is -1.79. The lowest BCUT2D eigenvalue weighted by atomic mass is 10.0. The molecule has 0 heterocycles. The van der Waals surface area contributed by atoms with Gasteiger partial charge >= 0.3 is 11.9 Å². The third-order valence-corrected chi connectivity index (χ3v) is 3.40. The lowest BCUT2D eigenvalue weighted by Crippen LogP contribution is -2.07. The zero-order valence-corrected chi connectivity index (χ0v) is 13.0. The van der Waals surface area contributed by atoms with Gasteiger partial charge in [-0.05, 0) is 48.4 Å². The van der Waals surface area contributed by atoms with E-state index in [4.69, 9.17) is 14.9 Å². The molecule has 0 unspecified atom stereocenters. The van der Waals surface area contributed by atoms with Crippen LogP contribution in [0.1, 0.15) is 38.8 Å². The Kier molecular flexibility index (Phi) is 5.31. The molecule has 2 rings (SSSR count). The zero-order valence-electron chi connectivity index (χ0n) is 13.0. The fraction of sp³-hybridized carbons (Fsp3) is 0.167. The normalized spacial score (nSPS) is 10.2. The van der Waals surface area contributed by atoms with Crippen LogP contribution in [0.4, 0.5) is 0 Å². The first-order valence-corrected chi connectivity index (χ1v) is 7.17. The summed E-state index contributed by atoms with van der Waals surface area (Å²) in [5, 5.41) is 17.8. The van der Waals surface area contributed by atoms with Gasteiger partial charge in [0.1, 0.15) is 12.4 Å². The van der Waals surface area contributed by atoms with E-state index in [1.807, 2.05) is 0 Å². The molecular formula is C18H16O6. The van der Waals surface area contributed by atoms with E-state index in [9.17, 15) is 14.4 Å². The van der Waals surface area contributed by atoms with Crippen LogP contribution in [-0.2, 0) is 17.8 Å². The lowest BCUT2D eigenvalue weighted by molar-refractivity contribution is -0.136. The minimum absolute atomic E-state index is 0.188. The van der Waals surface area contributed by atoms with Crippen molar-refractivity contribution in [2.24, 2.45) is 0 Å². The van der Waals surface area contributed by atoms with Gasteiger partial charge < -0.3 is 14.9 Å². The summed E-state index contributed by atoms with van der Waals surface area (Å²) in [4.78, 5) is 33.3. The van der Waals surface area contributed by atoms with Gasteiger partial charge in [-0.1, -0.05) is 12.1 Å². The molecule has 2 aromatic rings. The molecule has 6 heteroatoms. The van der Waals surface area contributed by atoms with Crippen LogP contribution in [0.25, 0.3) is 0 Å². The Bertz CT molecular complexity index is 777. The van der Waals surface area contributed by atoms with Gasteiger partial charge in [0.25, 0.3) is 0 Å². The van der Waals surface area contributed by atoms with Gasteiger partial charge in [0.15, 0.2) is 5.78 Å². The Balaban J connectivity index is 2.13. The van der Waals surface area contributed by atoms with E-state index in [2.05, 4.69) is 0 Å². The molecular weight excluding hydrogens is 312 g/mol. The molecule has 0 amide bonds. The Labute approximate surface area is 138 Å². The SMILES string of the molecule is CC(=O)c1ccc(OCc2ccc(C(=O)O)cc2)cc1CC(=O)O. The number of rotatable bonds is 7. The van der Waals surface area contributed by atoms with Crippen molar-refractivity contribution in [3.05, 3.63) is 64.7 Å². The van der Waals surface area contributed by atoms with Crippen molar-refractivity contribution in [1.29, 1.82) is 0 Å². The molecule has 0 spiro atoms. The standard InChI is InChI=1S/C18H16O6/c1-11(19)16-7-6-15(8-14(16)9-17(20)21)24-10-12-2-4-13(5-3-12)18(22)23/h2-8H,9-10H2,1H3,(H,20,21)(H,22,23). The predicted molar refractivity (Wildman–Crippen MR) is 85.5 cm³/mol. The molecule has 0 aromatic heterocycles. The second kappa shape index (κ2) is 7.41. The highest BCUT2D eigenvalue weighted by Gasteiger charge is 2.12. The van der Waals surface area contributed by atoms with Gasteiger partial charge in [-0.3, -0.25) is 9.59 Å². The molecule has 0 saturated heterocycles. The molecule has 6 nitrogen and oxygen atoms in total. The maximum atomic E-state index is 11.5. The number of carboxylic acids is 2. The van der Waals surface area contributed by atoms with Crippen LogP contribution < -0.4 is 4.74 Å². The van der Waals surface area contributed by atoms with Crippen molar-refractivity contribution in [3.63, 3.8) is 0 Å². The molecule has 0 bridgehead atoms. The van der Waals surface area contributed by atoms with Crippen molar-refractivity contribution in [2.75, 3.05) is 0 Å². The van der Waals surface area contributed by atoms with Gasteiger partial charge in [0.05, 0.1) is 12.0 Å². The molecule has 0 fully saturated rings. The van der Waals surface area contributed by atoms with Crippen LogP contribution in [0, 0.1) is 0 Å². The highest BCUT2D eigenvalue weighted by molar-refractivity contribution is 5.96. The van der Waals surface area contributed by atoms with Crippen molar-refractivity contribution >= 4 is 17.7 Å². The molecule has 124 valence electrons. The highest BCUT2D eigenvalue weighted by Crippen LogP contribution is 2.20. The Hall–Kier alpha value is -3.15. The van der Waals surface area contributed by atoms with Gasteiger partial charge in [-0.25, -0.2) is 4.79 Å². The van der Waals surface area contributed by atoms with E-state index < -0.39 is 11.9 Å². The number of carbonyl (C=O) groups excluding carboxylic acids is 1. The number of ether oxygens (including phenoxy) is 1. The topological polar surface area (TPSA) is 101 Å². The quantitative estimate of drug-likeness (QED) is 0.758. The average Bonchev–Trinajstić information content (AvgIpc) is 2.52. The second-order valence-corrected chi connectivity index (χ2v) is 5.24. The first-order chi connectivity index (χ1) is 11.4. The number of Topliss-reactive ketones (excluding diaryl/α,β-unsaturated/α-hetero) is 1. The van der Waals surface area contributed by atoms with Crippen LogP contribution in [0.3, 0.4) is 0 Å². The predicted octanol–water partition coefficient (Wildman–Crippen LogP) is 2.79. The van der Waals surface area contributed by atoms with Gasteiger partial charge in [-0.2, -0.15) is 0 Å². The van der Waals surface area contributed by atoms with Crippen LogP contribution in [-0.4, -0.2) is 27.9 Å². The number of hydrogen-bond acceptors (Lipinski definition) is 4. The summed E-state index contributed by atoms with van der Waals surface area (Å²) in [6.45, 7) is 1.58. The summed E-state index contributed by atoms with van der Waals surface area (Å²) in [5.41, 5.74) is 1.72. The number of aliphatic carboxylic acids is 1. The van der Waals surface area contributed by atoms with Gasteiger partial charge in [0.2, 0.25) is 0 Å². The maximum Gasteiger partial charge on any atom is 0.335 e. The number of benzene rings is 2. The van der Waals surface area contributed by atoms with E-state index in [-0.39, 0.29) is 24.4 Å². The lowest BCUT2D eigenvalue weighted by Gasteiger charge is -2.10. The monoisotopic (exact) mass is 328 g/mol. The largest absolute Gasteiger partial charge is 0.489 e. The van der Waals surface area contributed by atoms with Crippen molar-refractivity contribution in [3.8, 4) is 5.75 Å². The second-order valence-electron chi connectivity index (χ2n) is 5.24. The number of carbonyl (C=O) groups is 3. The van der Waals surface area contributed by atoms with Crippen molar-refractivity contribution < 1.29 is 29.3 Å². The number of carboxylic acid groups (broad SMARTS) is 2. The smallest absolute Gasteiger partial charge is 0.335 e. The van der Waals surface area contributed by atoms with Crippen molar-refractivity contribution in [2.45, 2.75) is 20.0 Å². The molecule has 0 aliphatic carbocycles. The summed E-state index contributed by atoms with van der Waals surface area (Å²) >= 11 is 0. The number of ketones is 1. The Morgan fingerprint density at radius 1 is 1.00 bits per heavy atom. The fourth-order valence-electron chi connectivity index (χ4n) is 2.22. The first-order valence-electron chi connectivity index (χ1n) is 7.17. The molecule has 0 aliphatic heterocycles. The molecule has 0 atom stereocenters. The molecule has 2 N–H and O–H groups in total. The van der Waals surface area contributed by atoms with Gasteiger partial charge in [-0.15, -0.1) is 0 Å². The van der Waals surface area contributed by atoms with Crippen LogP contribution in [0.15, 0.2) is 42.5 Å². The van der Waals surface area contributed by atoms with E-state index in [0.29, 0.717) is 16.9 Å². The minimum Gasteiger partial charge on any atom is -0.489 e. The molecule has 2 aromatic carbocycles. The molecule has 24 heavy (non-hydrogen) atoms. The number of aromatic carboxylic acids is 1. The van der Waals surface area contributed by atoms with E-state index in [1.54, 1.807) is 24.3 Å². The summed E-state index contributed by atoms with van der Waals surface area (Å²) in [6.07, 6.45) is -0.264. The van der Waals surface area contributed by atoms with Gasteiger partial charge in [0, 0.05) is 5.56 Å². The zero-order chi connectivity index (χ0) is 17.7.